The zero-order chi connectivity index (χ0) is 24.5. The number of aromatic nitrogens is 4. The van der Waals surface area contributed by atoms with Crippen LogP contribution in [0.1, 0.15) is 46.1 Å². The van der Waals surface area contributed by atoms with Crippen LogP contribution in [0.4, 0.5) is 5.69 Å². The van der Waals surface area contributed by atoms with Gasteiger partial charge in [0.15, 0.2) is 11.5 Å². The minimum absolute atomic E-state index is 0.133. The number of anilines is 1. The van der Waals surface area contributed by atoms with Crippen LogP contribution in [0, 0.1) is 6.92 Å². The lowest BCUT2D eigenvalue weighted by atomic mass is 10.1. The summed E-state index contributed by atoms with van der Waals surface area (Å²) in [6.45, 7) is 5.37. The molecule has 2 aliphatic rings. The largest absolute Gasteiger partial charge is 0.322 e. The molecule has 0 atom stereocenters. The van der Waals surface area contributed by atoms with E-state index >= 15 is 0 Å². The number of thioether (sulfide) groups is 1. The first-order valence-corrected chi connectivity index (χ1v) is 13.8. The lowest BCUT2D eigenvalue weighted by Gasteiger charge is -2.26. The molecule has 3 aromatic heterocycles. The van der Waals surface area contributed by atoms with Crippen molar-refractivity contribution in [3.8, 4) is 5.82 Å². The van der Waals surface area contributed by atoms with E-state index in [0.29, 0.717) is 22.9 Å². The first-order valence-electron chi connectivity index (χ1n) is 12.7. The molecule has 1 saturated heterocycles. The summed E-state index contributed by atoms with van der Waals surface area (Å²) >= 11 is 2.04. The second-order valence-electron chi connectivity index (χ2n) is 9.61. The normalized spacial score (nSPS) is 16.4. The monoisotopic (exact) mass is 498 g/mol. The third kappa shape index (κ3) is 4.88. The van der Waals surface area contributed by atoms with Crippen molar-refractivity contribution in [2.45, 2.75) is 32.1 Å². The van der Waals surface area contributed by atoms with Gasteiger partial charge in [-0.2, -0.15) is 21.5 Å². The fourth-order valence-corrected chi connectivity index (χ4v) is 5.76. The molecule has 1 aliphatic carbocycles. The summed E-state index contributed by atoms with van der Waals surface area (Å²) < 4.78 is 1.75. The zero-order valence-electron chi connectivity index (χ0n) is 20.5. The van der Waals surface area contributed by atoms with Crippen molar-refractivity contribution < 1.29 is 4.79 Å². The van der Waals surface area contributed by atoms with Crippen LogP contribution >= 0.6 is 11.8 Å². The topological polar surface area (TPSA) is 75.9 Å². The van der Waals surface area contributed by atoms with E-state index in [1.54, 1.807) is 10.9 Å². The quantitative estimate of drug-likeness (QED) is 0.393. The zero-order valence-corrected chi connectivity index (χ0v) is 21.3. The van der Waals surface area contributed by atoms with Crippen molar-refractivity contribution in [1.29, 1.82) is 0 Å². The smallest absolute Gasteiger partial charge is 0.256 e. The van der Waals surface area contributed by atoms with Gasteiger partial charge in [0.25, 0.3) is 5.91 Å². The van der Waals surface area contributed by atoms with Crippen molar-refractivity contribution in [2.24, 2.45) is 0 Å². The highest BCUT2D eigenvalue weighted by Crippen LogP contribution is 2.40. The fraction of sp³-hybridized carbons (Fsp3) is 0.357. The maximum absolute atomic E-state index is 13.5. The minimum Gasteiger partial charge on any atom is -0.322 e. The van der Waals surface area contributed by atoms with Crippen molar-refractivity contribution in [1.82, 2.24) is 24.6 Å². The summed E-state index contributed by atoms with van der Waals surface area (Å²) in [5, 5.41) is 8.60. The number of benzene rings is 1. The van der Waals surface area contributed by atoms with E-state index in [1.807, 2.05) is 55.1 Å². The molecule has 36 heavy (non-hydrogen) atoms. The Morgan fingerprint density at radius 2 is 1.92 bits per heavy atom. The van der Waals surface area contributed by atoms with Crippen LogP contribution in [0.2, 0.25) is 0 Å². The van der Waals surface area contributed by atoms with Crippen LogP contribution in [-0.2, 0) is 6.42 Å². The van der Waals surface area contributed by atoms with E-state index in [0.717, 1.165) is 48.3 Å². The Kier molecular flexibility index (Phi) is 6.46. The molecule has 4 aromatic rings. The summed E-state index contributed by atoms with van der Waals surface area (Å²) in [7, 11) is 0. The Hall–Kier alpha value is -3.23. The molecule has 1 aliphatic heterocycles. The summed E-state index contributed by atoms with van der Waals surface area (Å²) in [5.74, 6) is 3.44. The Morgan fingerprint density at radius 1 is 1.11 bits per heavy atom. The Balaban J connectivity index is 1.25. The predicted octanol–water partition coefficient (Wildman–Crippen LogP) is 4.84. The molecule has 0 spiro atoms. The highest BCUT2D eigenvalue weighted by Gasteiger charge is 2.29. The first kappa shape index (κ1) is 23.2. The van der Waals surface area contributed by atoms with Gasteiger partial charge in [-0.3, -0.25) is 4.79 Å². The molecule has 1 N–H and O–H groups in total. The molecule has 1 amide bonds. The van der Waals surface area contributed by atoms with Crippen LogP contribution in [0.25, 0.3) is 16.9 Å². The molecule has 2 fully saturated rings. The average Bonchev–Trinajstić information content (AvgIpc) is 3.72. The van der Waals surface area contributed by atoms with Gasteiger partial charge >= 0.3 is 0 Å². The van der Waals surface area contributed by atoms with Crippen LogP contribution in [0.15, 0.2) is 54.7 Å². The molecule has 0 unspecified atom stereocenters. The predicted molar refractivity (Wildman–Crippen MR) is 145 cm³/mol. The van der Waals surface area contributed by atoms with Gasteiger partial charge in [-0.05, 0) is 62.1 Å². The van der Waals surface area contributed by atoms with E-state index in [-0.39, 0.29) is 5.91 Å². The Morgan fingerprint density at radius 3 is 2.64 bits per heavy atom. The number of hydrogen-bond donors (Lipinski definition) is 1. The number of carbonyl (C=O) groups is 1. The SMILES string of the molecule is Cc1nn(-c2ccccn2)c2nc(C3CC3)cc(C(=O)Nc3ccc(CCN4CCSCC4)cc3)c12. The van der Waals surface area contributed by atoms with Gasteiger partial charge in [-0.25, -0.2) is 9.97 Å². The maximum Gasteiger partial charge on any atom is 0.256 e. The number of amides is 1. The standard InChI is InChI=1S/C28H30N6OS/c1-19-26-23(18-24(21-7-8-21)31-27(26)34(32-19)25-4-2-3-12-29-25)28(35)30-22-9-5-20(6-10-22)11-13-33-14-16-36-17-15-33/h2-6,9-10,12,18,21H,7-8,11,13-17H2,1H3,(H,30,35). The van der Waals surface area contributed by atoms with Crippen LogP contribution in [0.3, 0.4) is 0 Å². The molecule has 0 radical (unpaired) electrons. The van der Waals surface area contributed by atoms with Crippen LogP contribution in [-0.4, -0.2) is 61.7 Å². The van der Waals surface area contributed by atoms with E-state index in [1.165, 1.54) is 30.2 Å². The van der Waals surface area contributed by atoms with Gasteiger partial charge in [0, 0.05) is 54.6 Å². The first-order chi connectivity index (χ1) is 17.7. The van der Waals surface area contributed by atoms with Gasteiger partial charge in [0.2, 0.25) is 0 Å². The summed E-state index contributed by atoms with van der Waals surface area (Å²) in [6.07, 6.45) is 4.98. The molecule has 7 nitrogen and oxygen atoms in total. The molecular weight excluding hydrogens is 468 g/mol. The van der Waals surface area contributed by atoms with E-state index in [9.17, 15) is 4.79 Å². The number of hydrogen-bond acceptors (Lipinski definition) is 6. The van der Waals surface area contributed by atoms with Crippen LogP contribution < -0.4 is 5.32 Å². The Labute approximate surface area is 215 Å². The third-order valence-electron chi connectivity index (χ3n) is 6.97. The van der Waals surface area contributed by atoms with Crippen molar-refractivity contribution in [3.63, 3.8) is 0 Å². The van der Waals surface area contributed by atoms with Gasteiger partial charge < -0.3 is 10.2 Å². The van der Waals surface area contributed by atoms with Crippen LogP contribution in [0.5, 0.6) is 0 Å². The molecule has 184 valence electrons. The lowest BCUT2D eigenvalue weighted by molar-refractivity contribution is 0.102. The summed E-state index contributed by atoms with van der Waals surface area (Å²) in [6, 6.07) is 15.9. The minimum atomic E-state index is -0.133. The molecule has 6 rings (SSSR count). The Bertz CT molecular complexity index is 1370. The van der Waals surface area contributed by atoms with E-state index in [2.05, 4.69) is 27.3 Å². The highest BCUT2D eigenvalue weighted by molar-refractivity contribution is 7.99. The van der Waals surface area contributed by atoms with Gasteiger partial charge in [0.05, 0.1) is 16.6 Å². The van der Waals surface area contributed by atoms with Gasteiger partial charge in [-0.1, -0.05) is 18.2 Å². The second kappa shape index (κ2) is 10.0. The molecule has 1 aromatic carbocycles. The molecular formula is C28H30N6OS. The van der Waals surface area contributed by atoms with Crippen molar-refractivity contribution in [3.05, 3.63) is 77.2 Å². The number of rotatable bonds is 7. The molecule has 0 bridgehead atoms. The van der Waals surface area contributed by atoms with Crippen molar-refractivity contribution in [2.75, 3.05) is 36.5 Å². The number of aryl methyl sites for hydroxylation is 1. The number of fused-ring (bicyclic) bond motifs is 1. The highest BCUT2D eigenvalue weighted by atomic mass is 32.2. The molecule has 4 heterocycles. The summed E-state index contributed by atoms with van der Waals surface area (Å²) in [5.41, 5.74) is 5.12. The lowest BCUT2D eigenvalue weighted by Crippen LogP contribution is -2.34. The average molecular weight is 499 g/mol. The van der Waals surface area contributed by atoms with E-state index < -0.39 is 0 Å². The molecule has 8 heteroatoms. The van der Waals surface area contributed by atoms with Gasteiger partial charge in [0.1, 0.15) is 0 Å². The number of carbonyl (C=O) groups excluding carboxylic acids is 1. The number of nitrogens with zero attached hydrogens (tertiary/aromatic N) is 5. The maximum atomic E-state index is 13.5. The number of nitrogens with one attached hydrogen (secondary N) is 1. The number of pyridine rings is 2. The third-order valence-corrected chi connectivity index (χ3v) is 7.91. The van der Waals surface area contributed by atoms with Gasteiger partial charge in [-0.15, -0.1) is 0 Å². The van der Waals surface area contributed by atoms with E-state index in [4.69, 9.17) is 10.1 Å². The second-order valence-corrected chi connectivity index (χ2v) is 10.8. The molecule has 1 saturated carbocycles. The fourth-order valence-electron chi connectivity index (χ4n) is 4.78. The van der Waals surface area contributed by atoms with Crippen molar-refractivity contribution >= 4 is 34.4 Å². The summed E-state index contributed by atoms with van der Waals surface area (Å²) in [4.78, 5) is 25.5.